The first kappa shape index (κ1) is 10.6. The topological polar surface area (TPSA) is 40.5 Å². The van der Waals surface area contributed by atoms with Crippen molar-refractivity contribution in [2.75, 3.05) is 6.26 Å². The van der Waals surface area contributed by atoms with Gasteiger partial charge in [-0.2, -0.15) is 10.6 Å². The van der Waals surface area contributed by atoms with Gasteiger partial charge in [0, 0.05) is 6.26 Å². The van der Waals surface area contributed by atoms with Gasteiger partial charge in [0.05, 0.1) is 4.90 Å². The van der Waals surface area contributed by atoms with Crippen molar-refractivity contribution >= 4 is 10.6 Å². The summed E-state index contributed by atoms with van der Waals surface area (Å²) in [6.07, 6.45) is 3.60. The third kappa shape index (κ3) is 3.03. The maximum Gasteiger partial charge on any atom is 0.0580 e. The van der Waals surface area contributed by atoms with Gasteiger partial charge in [-0.3, -0.25) is 9.11 Å². The van der Waals surface area contributed by atoms with Crippen molar-refractivity contribution in [1.29, 1.82) is 0 Å². The molecule has 1 aromatic carbocycles. The lowest BCUT2D eigenvalue weighted by atomic mass is 10.1. The molecule has 3 heteroatoms. The fourth-order valence-electron chi connectivity index (χ4n) is 1.20. The molecule has 0 bridgehead atoms. The van der Waals surface area contributed by atoms with Crippen LogP contribution in [0.1, 0.15) is 18.9 Å². The van der Waals surface area contributed by atoms with E-state index in [2.05, 4.69) is 6.92 Å². The molecule has 13 heavy (non-hydrogen) atoms. The second-order valence-corrected chi connectivity index (χ2v) is 5.37. The summed E-state index contributed by atoms with van der Waals surface area (Å²) in [5, 5.41) is 0. The van der Waals surface area contributed by atoms with Gasteiger partial charge in [-0.05, 0) is 24.1 Å². The minimum atomic E-state index is -2.53. The average molecular weight is 200 g/mol. The standard InChI is InChI=1S/C10H16O2S/c1-3-4-9-5-7-10(8-6-9)13(2,11)12/h5-8,11-12H,3-4H2,1-2H3. The zero-order valence-electron chi connectivity index (χ0n) is 8.03. The molecule has 0 radical (unpaired) electrons. The van der Waals surface area contributed by atoms with E-state index < -0.39 is 10.6 Å². The summed E-state index contributed by atoms with van der Waals surface area (Å²) >= 11 is 0. The summed E-state index contributed by atoms with van der Waals surface area (Å²) in [5.41, 5.74) is 1.25. The number of rotatable bonds is 3. The van der Waals surface area contributed by atoms with Crippen molar-refractivity contribution in [1.82, 2.24) is 0 Å². The molecule has 0 aromatic heterocycles. The molecule has 0 fully saturated rings. The van der Waals surface area contributed by atoms with Gasteiger partial charge in [-0.15, -0.1) is 0 Å². The van der Waals surface area contributed by atoms with Crippen LogP contribution in [0.2, 0.25) is 0 Å². The molecule has 2 nitrogen and oxygen atoms in total. The van der Waals surface area contributed by atoms with Crippen LogP contribution >= 0.6 is 10.6 Å². The van der Waals surface area contributed by atoms with E-state index in [1.54, 1.807) is 12.1 Å². The van der Waals surface area contributed by atoms with Crippen LogP contribution in [-0.2, 0) is 6.42 Å². The Balaban J connectivity index is 2.81. The van der Waals surface area contributed by atoms with Crippen molar-refractivity contribution in [3.63, 3.8) is 0 Å². The molecular weight excluding hydrogens is 184 g/mol. The minimum absolute atomic E-state index is 0.618. The Labute approximate surface area is 81.0 Å². The second-order valence-electron chi connectivity index (χ2n) is 3.23. The summed E-state index contributed by atoms with van der Waals surface area (Å²) in [5.74, 6) is 0. The highest BCUT2D eigenvalue weighted by atomic mass is 32.3. The largest absolute Gasteiger partial charge is 0.295 e. The summed E-state index contributed by atoms with van der Waals surface area (Å²) in [7, 11) is -2.53. The second kappa shape index (κ2) is 4.13. The molecule has 1 rings (SSSR count). The Bertz CT molecular complexity index is 261. The van der Waals surface area contributed by atoms with Gasteiger partial charge in [0.15, 0.2) is 0 Å². The molecule has 0 heterocycles. The van der Waals surface area contributed by atoms with E-state index in [9.17, 15) is 9.11 Å². The molecule has 74 valence electrons. The lowest BCUT2D eigenvalue weighted by molar-refractivity contribution is 0.495. The van der Waals surface area contributed by atoms with E-state index in [0.29, 0.717) is 4.90 Å². The zero-order chi connectivity index (χ0) is 9.90. The van der Waals surface area contributed by atoms with Gasteiger partial charge < -0.3 is 0 Å². The molecule has 0 spiro atoms. The SMILES string of the molecule is CCCc1ccc(S(C)(O)O)cc1. The summed E-state index contributed by atoms with van der Waals surface area (Å²) in [4.78, 5) is 0.618. The van der Waals surface area contributed by atoms with Crippen LogP contribution in [0, 0.1) is 0 Å². The fourth-order valence-corrected chi connectivity index (χ4v) is 1.85. The van der Waals surface area contributed by atoms with Crippen LogP contribution in [0.25, 0.3) is 0 Å². The Hall–Kier alpha value is -0.510. The molecule has 0 aliphatic rings. The van der Waals surface area contributed by atoms with Crippen molar-refractivity contribution in [3.8, 4) is 0 Å². The van der Waals surface area contributed by atoms with Gasteiger partial charge in [-0.1, -0.05) is 25.5 Å². The molecule has 0 atom stereocenters. The van der Waals surface area contributed by atoms with Crippen LogP contribution in [0.5, 0.6) is 0 Å². The van der Waals surface area contributed by atoms with Gasteiger partial charge in [0.1, 0.15) is 0 Å². The van der Waals surface area contributed by atoms with Crippen LogP contribution in [0.3, 0.4) is 0 Å². The van der Waals surface area contributed by atoms with E-state index in [0.717, 1.165) is 12.8 Å². The van der Waals surface area contributed by atoms with E-state index in [1.165, 1.54) is 11.8 Å². The number of benzene rings is 1. The predicted molar refractivity (Wildman–Crippen MR) is 57.5 cm³/mol. The summed E-state index contributed by atoms with van der Waals surface area (Å²) in [6, 6.07) is 7.49. The summed E-state index contributed by atoms with van der Waals surface area (Å²) < 4.78 is 18.7. The molecule has 0 aliphatic heterocycles. The molecule has 0 saturated heterocycles. The maximum absolute atomic E-state index is 9.35. The molecule has 0 saturated carbocycles. The highest BCUT2D eigenvalue weighted by molar-refractivity contribution is 8.23. The third-order valence-electron chi connectivity index (χ3n) is 1.91. The Morgan fingerprint density at radius 3 is 2.08 bits per heavy atom. The normalized spacial score (nSPS) is 12.9. The van der Waals surface area contributed by atoms with E-state index in [-0.39, 0.29) is 0 Å². The van der Waals surface area contributed by atoms with E-state index in [1.807, 2.05) is 12.1 Å². The highest BCUT2D eigenvalue weighted by Crippen LogP contribution is 2.43. The first-order valence-corrected chi connectivity index (χ1v) is 6.31. The van der Waals surface area contributed by atoms with Gasteiger partial charge >= 0.3 is 0 Å². The molecule has 1 aromatic rings. The lowest BCUT2D eigenvalue weighted by Gasteiger charge is -2.26. The van der Waals surface area contributed by atoms with E-state index >= 15 is 0 Å². The predicted octanol–water partition coefficient (Wildman–Crippen LogP) is 3.38. The van der Waals surface area contributed by atoms with Crippen LogP contribution in [-0.4, -0.2) is 15.4 Å². The average Bonchev–Trinajstić information content (AvgIpc) is 2.04. The van der Waals surface area contributed by atoms with Crippen molar-refractivity contribution in [2.24, 2.45) is 0 Å². The summed E-state index contributed by atoms with van der Waals surface area (Å²) in [6.45, 7) is 2.13. The third-order valence-corrected chi connectivity index (χ3v) is 3.07. The maximum atomic E-state index is 9.35. The smallest absolute Gasteiger partial charge is 0.0580 e. The molecule has 0 unspecified atom stereocenters. The van der Waals surface area contributed by atoms with Crippen LogP contribution < -0.4 is 0 Å². The molecule has 0 aliphatic carbocycles. The van der Waals surface area contributed by atoms with Crippen molar-refractivity contribution in [2.45, 2.75) is 24.7 Å². The monoisotopic (exact) mass is 200 g/mol. The number of hydrogen-bond acceptors (Lipinski definition) is 2. The van der Waals surface area contributed by atoms with Crippen molar-refractivity contribution < 1.29 is 9.11 Å². The van der Waals surface area contributed by atoms with Crippen LogP contribution in [0.15, 0.2) is 29.2 Å². The van der Waals surface area contributed by atoms with Crippen molar-refractivity contribution in [3.05, 3.63) is 29.8 Å². The van der Waals surface area contributed by atoms with Gasteiger partial charge in [-0.25, -0.2) is 0 Å². The van der Waals surface area contributed by atoms with E-state index in [4.69, 9.17) is 0 Å². The fraction of sp³-hybridized carbons (Fsp3) is 0.400. The number of hydrogen-bond donors (Lipinski definition) is 2. The van der Waals surface area contributed by atoms with Gasteiger partial charge in [0.2, 0.25) is 0 Å². The Morgan fingerprint density at radius 2 is 1.69 bits per heavy atom. The number of aryl methyl sites for hydroxylation is 1. The Kier molecular flexibility index (Phi) is 3.36. The first-order valence-electron chi connectivity index (χ1n) is 4.36. The molecular formula is C10H16O2S. The molecule has 2 N–H and O–H groups in total. The zero-order valence-corrected chi connectivity index (χ0v) is 8.84. The minimum Gasteiger partial charge on any atom is -0.295 e. The quantitative estimate of drug-likeness (QED) is 0.785. The first-order chi connectivity index (χ1) is 6.04. The lowest BCUT2D eigenvalue weighted by Crippen LogP contribution is -1.94. The molecule has 0 amide bonds. The highest BCUT2D eigenvalue weighted by Gasteiger charge is 2.06. The van der Waals surface area contributed by atoms with Gasteiger partial charge in [0.25, 0.3) is 0 Å². The Morgan fingerprint density at radius 1 is 1.15 bits per heavy atom. The van der Waals surface area contributed by atoms with Crippen LogP contribution in [0.4, 0.5) is 0 Å².